The standard InChI is InChI=1S/C17H28N6OS.HI/c1-5-15-22-14(11-25-15)7-8-19-16(18-6-2)20-12-17(3,24)13-9-21-23(4)10-13;/h9-11,24H,5-8,12H2,1-4H3,(H2,18,19,20);1H. The van der Waals surface area contributed by atoms with Crippen LogP contribution in [0.25, 0.3) is 0 Å². The third-order valence-electron chi connectivity index (χ3n) is 3.79. The highest BCUT2D eigenvalue weighted by Crippen LogP contribution is 2.19. The molecule has 3 N–H and O–H groups in total. The normalized spacial score (nSPS) is 13.8. The topological polar surface area (TPSA) is 87.4 Å². The lowest BCUT2D eigenvalue weighted by molar-refractivity contribution is 0.0672. The number of thiazole rings is 1. The molecule has 0 amide bonds. The van der Waals surface area contributed by atoms with E-state index in [9.17, 15) is 5.11 Å². The fraction of sp³-hybridized carbons (Fsp3) is 0.588. The second kappa shape index (κ2) is 10.8. The van der Waals surface area contributed by atoms with Crippen molar-refractivity contribution in [3.8, 4) is 0 Å². The van der Waals surface area contributed by atoms with Crippen molar-refractivity contribution >= 4 is 41.3 Å². The number of rotatable bonds is 8. The number of hydrogen-bond donors (Lipinski definition) is 3. The van der Waals surface area contributed by atoms with Crippen molar-refractivity contribution in [2.45, 2.75) is 39.2 Å². The van der Waals surface area contributed by atoms with E-state index in [0.717, 1.165) is 37.2 Å². The van der Waals surface area contributed by atoms with E-state index in [1.54, 1.807) is 29.1 Å². The Kier molecular flexibility index (Phi) is 9.51. The molecule has 0 spiro atoms. The molecule has 146 valence electrons. The Morgan fingerprint density at radius 1 is 1.38 bits per heavy atom. The van der Waals surface area contributed by atoms with Crippen molar-refractivity contribution in [1.82, 2.24) is 25.4 Å². The van der Waals surface area contributed by atoms with E-state index in [1.807, 2.05) is 20.2 Å². The Bertz CT molecular complexity index is 697. The van der Waals surface area contributed by atoms with Crippen LogP contribution in [0.5, 0.6) is 0 Å². The molecule has 9 heteroatoms. The van der Waals surface area contributed by atoms with Crippen molar-refractivity contribution in [3.63, 3.8) is 0 Å². The smallest absolute Gasteiger partial charge is 0.191 e. The van der Waals surface area contributed by atoms with Crippen molar-refractivity contribution in [1.29, 1.82) is 0 Å². The third-order valence-corrected chi connectivity index (χ3v) is 4.83. The van der Waals surface area contributed by atoms with Crippen LogP contribution in [0.4, 0.5) is 0 Å². The first-order chi connectivity index (χ1) is 11.9. The molecule has 2 heterocycles. The molecule has 2 aromatic rings. The number of aromatic nitrogens is 3. The van der Waals surface area contributed by atoms with E-state index in [1.165, 1.54) is 5.01 Å². The average Bonchev–Trinajstić information content (AvgIpc) is 3.22. The molecule has 0 aliphatic rings. The molecule has 0 bridgehead atoms. The number of nitrogens with one attached hydrogen (secondary N) is 2. The van der Waals surface area contributed by atoms with Gasteiger partial charge < -0.3 is 15.7 Å². The molecule has 0 aromatic carbocycles. The maximum Gasteiger partial charge on any atom is 0.191 e. The van der Waals surface area contributed by atoms with Crippen LogP contribution < -0.4 is 10.6 Å². The number of hydrogen-bond acceptors (Lipinski definition) is 5. The quantitative estimate of drug-likeness (QED) is 0.299. The molecule has 0 aliphatic heterocycles. The Morgan fingerprint density at radius 3 is 2.73 bits per heavy atom. The molecule has 0 radical (unpaired) electrons. The molecule has 0 saturated heterocycles. The third kappa shape index (κ3) is 6.84. The average molecular weight is 492 g/mol. The van der Waals surface area contributed by atoms with Gasteiger partial charge in [0.1, 0.15) is 5.60 Å². The van der Waals surface area contributed by atoms with Crippen LogP contribution >= 0.6 is 35.3 Å². The molecule has 1 atom stereocenters. The van der Waals surface area contributed by atoms with Gasteiger partial charge in [0.15, 0.2) is 5.96 Å². The van der Waals surface area contributed by atoms with Crippen molar-refractivity contribution in [2.24, 2.45) is 12.0 Å². The number of guanidine groups is 1. The van der Waals surface area contributed by atoms with Crippen molar-refractivity contribution in [2.75, 3.05) is 19.6 Å². The van der Waals surface area contributed by atoms with Gasteiger partial charge in [0.2, 0.25) is 0 Å². The fourth-order valence-electron chi connectivity index (χ4n) is 2.30. The first kappa shape index (κ1) is 22.8. The molecule has 2 rings (SSSR count). The highest BCUT2D eigenvalue weighted by Gasteiger charge is 2.24. The van der Waals surface area contributed by atoms with Gasteiger partial charge in [-0.1, -0.05) is 6.92 Å². The Balaban J connectivity index is 0.00000338. The van der Waals surface area contributed by atoms with Gasteiger partial charge in [-0.05, 0) is 20.3 Å². The second-order valence-electron chi connectivity index (χ2n) is 6.13. The van der Waals surface area contributed by atoms with Gasteiger partial charge in [0.25, 0.3) is 0 Å². The van der Waals surface area contributed by atoms with Gasteiger partial charge in [-0.2, -0.15) is 5.10 Å². The van der Waals surface area contributed by atoms with Crippen LogP contribution in [0.2, 0.25) is 0 Å². The molecule has 0 aliphatic carbocycles. The number of aryl methyl sites for hydroxylation is 2. The van der Waals surface area contributed by atoms with Crippen LogP contribution in [-0.2, 0) is 25.5 Å². The van der Waals surface area contributed by atoms with Crippen LogP contribution in [0.1, 0.15) is 37.0 Å². The van der Waals surface area contributed by atoms with Gasteiger partial charge in [0.05, 0.1) is 23.4 Å². The van der Waals surface area contributed by atoms with E-state index < -0.39 is 5.60 Å². The summed E-state index contributed by atoms with van der Waals surface area (Å²) >= 11 is 1.71. The number of halogens is 1. The minimum Gasteiger partial charge on any atom is -0.383 e. The van der Waals surface area contributed by atoms with Crippen LogP contribution in [0, 0.1) is 0 Å². The van der Waals surface area contributed by atoms with Crippen LogP contribution in [0.3, 0.4) is 0 Å². The van der Waals surface area contributed by atoms with Gasteiger partial charge >= 0.3 is 0 Å². The van der Waals surface area contributed by atoms with Gasteiger partial charge in [-0.3, -0.25) is 4.68 Å². The van der Waals surface area contributed by atoms with Gasteiger partial charge in [-0.25, -0.2) is 9.98 Å². The molecule has 0 fully saturated rings. The maximum absolute atomic E-state index is 10.6. The highest BCUT2D eigenvalue weighted by atomic mass is 127. The van der Waals surface area contributed by atoms with Gasteiger partial charge in [-0.15, -0.1) is 35.3 Å². The fourth-order valence-corrected chi connectivity index (χ4v) is 3.08. The number of aliphatic imine (C=N–C) groups is 1. The summed E-state index contributed by atoms with van der Waals surface area (Å²) in [5, 5.41) is 24.5. The first-order valence-electron chi connectivity index (χ1n) is 8.61. The Hall–Kier alpha value is -1.20. The Morgan fingerprint density at radius 2 is 2.15 bits per heavy atom. The lowest BCUT2D eigenvalue weighted by Gasteiger charge is -2.20. The monoisotopic (exact) mass is 492 g/mol. The van der Waals surface area contributed by atoms with E-state index in [0.29, 0.717) is 5.96 Å². The molecule has 26 heavy (non-hydrogen) atoms. The lowest BCUT2D eigenvalue weighted by atomic mass is 10.0. The predicted molar refractivity (Wildman–Crippen MR) is 117 cm³/mol. The Labute approximate surface area is 176 Å². The zero-order valence-electron chi connectivity index (χ0n) is 15.8. The molecule has 2 aromatic heterocycles. The molecule has 0 saturated carbocycles. The molecule has 1 unspecified atom stereocenters. The number of aliphatic hydroxyl groups is 1. The van der Waals surface area contributed by atoms with E-state index >= 15 is 0 Å². The summed E-state index contributed by atoms with van der Waals surface area (Å²) in [5.41, 5.74) is 0.804. The van der Waals surface area contributed by atoms with Crippen molar-refractivity contribution in [3.05, 3.63) is 34.0 Å². The first-order valence-corrected chi connectivity index (χ1v) is 9.49. The van der Waals surface area contributed by atoms with E-state index in [4.69, 9.17) is 0 Å². The second-order valence-corrected chi connectivity index (χ2v) is 7.08. The minimum atomic E-state index is -1.05. The van der Waals surface area contributed by atoms with Gasteiger partial charge in [0, 0.05) is 43.7 Å². The summed E-state index contributed by atoms with van der Waals surface area (Å²) in [6.07, 6.45) is 5.30. The minimum absolute atomic E-state index is 0. The maximum atomic E-state index is 10.6. The summed E-state index contributed by atoms with van der Waals surface area (Å²) in [5.74, 6) is 0.692. The van der Waals surface area contributed by atoms with Crippen LogP contribution in [-0.4, -0.2) is 45.5 Å². The summed E-state index contributed by atoms with van der Waals surface area (Å²) in [4.78, 5) is 9.08. The zero-order chi connectivity index (χ0) is 18.3. The summed E-state index contributed by atoms with van der Waals surface area (Å²) < 4.78 is 1.68. The highest BCUT2D eigenvalue weighted by molar-refractivity contribution is 14.0. The molecular weight excluding hydrogens is 463 g/mol. The summed E-state index contributed by atoms with van der Waals surface area (Å²) in [6.45, 7) is 7.64. The zero-order valence-corrected chi connectivity index (χ0v) is 19.0. The van der Waals surface area contributed by atoms with E-state index in [2.05, 4.69) is 38.0 Å². The SMILES string of the molecule is CCNC(=NCC(C)(O)c1cnn(C)c1)NCCc1csc(CC)n1.I. The van der Waals surface area contributed by atoms with Crippen LogP contribution in [0.15, 0.2) is 22.8 Å². The lowest BCUT2D eigenvalue weighted by Crippen LogP contribution is -2.39. The molecule has 7 nitrogen and oxygen atoms in total. The predicted octanol–water partition coefficient (Wildman–Crippen LogP) is 2.06. The summed E-state index contributed by atoms with van der Waals surface area (Å²) in [7, 11) is 1.83. The van der Waals surface area contributed by atoms with Crippen molar-refractivity contribution < 1.29 is 5.11 Å². The van der Waals surface area contributed by atoms with E-state index in [-0.39, 0.29) is 30.5 Å². The summed E-state index contributed by atoms with van der Waals surface area (Å²) in [6, 6.07) is 0. The molecular formula is C17H29IN6OS. The largest absolute Gasteiger partial charge is 0.383 e. The number of nitrogens with zero attached hydrogens (tertiary/aromatic N) is 4.